The molecule has 0 fully saturated rings. The van der Waals surface area contributed by atoms with Gasteiger partial charge in [0.1, 0.15) is 5.82 Å². The molecule has 0 unspecified atom stereocenters. The number of hydrogen-bond donors (Lipinski definition) is 2. The summed E-state index contributed by atoms with van der Waals surface area (Å²) in [5.41, 5.74) is 4.37. The fourth-order valence-corrected chi connectivity index (χ4v) is 4.16. The van der Waals surface area contributed by atoms with E-state index in [4.69, 9.17) is 11.6 Å². The number of amides is 2. The number of nitrogens with one attached hydrogen (secondary N) is 2. The first kappa shape index (κ1) is 24.5. The van der Waals surface area contributed by atoms with Gasteiger partial charge in [-0.3, -0.25) is 9.59 Å². The second kappa shape index (κ2) is 11.2. The molecule has 1 aromatic heterocycles. The lowest BCUT2D eigenvalue weighted by Gasteiger charge is -2.11. The molecule has 2 aromatic carbocycles. The summed E-state index contributed by atoms with van der Waals surface area (Å²) in [6.45, 7) is 10.0. The second-order valence-electron chi connectivity index (χ2n) is 7.59. The lowest BCUT2D eigenvalue weighted by molar-refractivity contribution is -0.116. The van der Waals surface area contributed by atoms with Crippen molar-refractivity contribution in [1.82, 2.24) is 14.8 Å². The molecule has 0 spiro atoms. The maximum Gasteiger partial charge on any atom is 0.234 e. The number of allylic oxidation sites excluding steroid dienone is 1. The van der Waals surface area contributed by atoms with Crippen molar-refractivity contribution < 1.29 is 9.59 Å². The summed E-state index contributed by atoms with van der Waals surface area (Å²) in [7, 11) is 0. The summed E-state index contributed by atoms with van der Waals surface area (Å²) in [6.07, 6.45) is 1.76. The first-order valence-corrected chi connectivity index (χ1v) is 11.7. The Balaban J connectivity index is 1.64. The molecule has 0 saturated carbocycles. The minimum absolute atomic E-state index is 0.0582. The van der Waals surface area contributed by atoms with Gasteiger partial charge in [0, 0.05) is 22.9 Å². The minimum Gasteiger partial charge on any atom is -0.325 e. The predicted octanol–water partition coefficient (Wildman–Crippen LogP) is 4.95. The molecular weight excluding hydrogens is 458 g/mol. The van der Waals surface area contributed by atoms with Crippen LogP contribution in [-0.2, 0) is 22.6 Å². The standard InChI is InChI=1S/C24H26ClN5O2S/c1-5-11-30-21(13-22(31)26-19-10-9-15(2)12-16(19)3)28-29-24(30)33-14-23(32)27-20-8-6-7-18(25)17(20)4/h5-10,12H,1,11,13-14H2,2-4H3,(H,26,31)(H,27,32). The normalized spacial score (nSPS) is 10.7. The van der Waals surface area contributed by atoms with E-state index in [0.29, 0.717) is 28.2 Å². The van der Waals surface area contributed by atoms with Crippen LogP contribution in [0.3, 0.4) is 0 Å². The zero-order valence-electron chi connectivity index (χ0n) is 18.8. The van der Waals surface area contributed by atoms with E-state index in [2.05, 4.69) is 27.4 Å². The molecule has 9 heteroatoms. The van der Waals surface area contributed by atoms with Crippen molar-refractivity contribution >= 4 is 46.6 Å². The summed E-state index contributed by atoms with van der Waals surface area (Å²) in [5.74, 6) is 0.263. The number of aryl methyl sites for hydroxylation is 2. The highest BCUT2D eigenvalue weighted by Crippen LogP contribution is 2.24. The second-order valence-corrected chi connectivity index (χ2v) is 8.94. The molecule has 0 aliphatic carbocycles. The number of carbonyl (C=O) groups excluding carboxylic acids is 2. The van der Waals surface area contributed by atoms with Crippen molar-refractivity contribution in [1.29, 1.82) is 0 Å². The number of aromatic nitrogens is 3. The zero-order chi connectivity index (χ0) is 24.0. The van der Waals surface area contributed by atoms with Crippen LogP contribution in [0, 0.1) is 20.8 Å². The SMILES string of the molecule is C=CCn1c(CC(=O)Nc2ccc(C)cc2C)nnc1SCC(=O)Nc1cccc(Cl)c1C. The molecule has 0 atom stereocenters. The molecule has 0 radical (unpaired) electrons. The summed E-state index contributed by atoms with van der Waals surface area (Å²) in [4.78, 5) is 25.1. The van der Waals surface area contributed by atoms with Gasteiger partial charge in [-0.25, -0.2) is 0 Å². The van der Waals surface area contributed by atoms with Crippen molar-refractivity contribution in [2.75, 3.05) is 16.4 Å². The topological polar surface area (TPSA) is 88.9 Å². The summed E-state index contributed by atoms with van der Waals surface area (Å²) < 4.78 is 1.79. The van der Waals surface area contributed by atoms with Gasteiger partial charge in [-0.2, -0.15) is 0 Å². The number of anilines is 2. The fourth-order valence-electron chi connectivity index (χ4n) is 3.22. The van der Waals surface area contributed by atoms with Gasteiger partial charge in [-0.05, 0) is 50.1 Å². The zero-order valence-corrected chi connectivity index (χ0v) is 20.4. The third kappa shape index (κ3) is 6.46. The minimum atomic E-state index is -0.189. The Morgan fingerprint density at radius 1 is 1.09 bits per heavy atom. The van der Waals surface area contributed by atoms with Crippen molar-refractivity contribution in [3.63, 3.8) is 0 Å². The number of halogens is 1. The highest BCUT2D eigenvalue weighted by atomic mass is 35.5. The smallest absolute Gasteiger partial charge is 0.234 e. The van der Waals surface area contributed by atoms with E-state index in [-0.39, 0.29) is 24.0 Å². The van der Waals surface area contributed by atoms with Crippen molar-refractivity contribution in [2.24, 2.45) is 0 Å². The van der Waals surface area contributed by atoms with Gasteiger partial charge < -0.3 is 15.2 Å². The largest absolute Gasteiger partial charge is 0.325 e. The molecule has 172 valence electrons. The van der Waals surface area contributed by atoms with E-state index in [0.717, 1.165) is 22.4 Å². The van der Waals surface area contributed by atoms with E-state index in [9.17, 15) is 9.59 Å². The molecular formula is C24H26ClN5O2S. The first-order valence-electron chi connectivity index (χ1n) is 10.4. The average molecular weight is 484 g/mol. The van der Waals surface area contributed by atoms with Crippen LogP contribution in [0.2, 0.25) is 5.02 Å². The van der Waals surface area contributed by atoms with Gasteiger partial charge in [0.25, 0.3) is 0 Å². The summed E-state index contributed by atoms with van der Waals surface area (Å²) in [5, 5.41) is 15.3. The van der Waals surface area contributed by atoms with Gasteiger partial charge in [-0.15, -0.1) is 16.8 Å². The van der Waals surface area contributed by atoms with Crippen LogP contribution >= 0.6 is 23.4 Å². The molecule has 0 aliphatic rings. The maximum absolute atomic E-state index is 12.6. The Morgan fingerprint density at radius 3 is 2.58 bits per heavy atom. The van der Waals surface area contributed by atoms with Crippen LogP contribution in [0.1, 0.15) is 22.5 Å². The number of thioether (sulfide) groups is 1. The predicted molar refractivity (Wildman–Crippen MR) is 134 cm³/mol. The van der Waals surface area contributed by atoms with Gasteiger partial charge in [-0.1, -0.05) is 53.2 Å². The number of benzene rings is 2. The number of hydrogen-bond acceptors (Lipinski definition) is 5. The maximum atomic E-state index is 12.6. The molecule has 7 nitrogen and oxygen atoms in total. The van der Waals surface area contributed by atoms with E-state index in [1.54, 1.807) is 28.8 Å². The molecule has 0 bridgehead atoms. The highest BCUT2D eigenvalue weighted by molar-refractivity contribution is 7.99. The van der Waals surface area contributed by atoms with Gasteiger partial charge >= 0.3 is 0 Å². The van der Waals surface area contributed by atoms with Crippen LogP contribution in [0.5, 0.6) is 0 Å². The first-order chi connectivity index (χ1) is 15.8. The van der Waals surface area contributed by atoms with Crippen molar-refractivity contribution in [3.05, 3.63) is 76.6 Å². The molecule has 2 amide bonds. The lowest BCUT2D eigenvalue weighted by Crippen LogP contribution is -2.18. The Hall–Kier alpha value is -3.10. The Bertz CT molecular complexity index is 1190. The van der Waals surface area contributed by atoms with Crippen molar-refractivity contribution in [3.8, 4) is 0 Å². The fraction of sp³-hybridized carbons (Fsp3) is 0.250. The van der Waals surface area contributed by atoms with Gasteiger partial charge in [0.2, 0.25) is 11.8 Å². The quantitative estimate of drug-likeness (QED) is 0.332. The molecule has 3 aromatic rings. The highest BCUT2D eigenvalue weighted by Gasteiger charge is 2.17. The van der Waals surface area contributed by atoms with Gasteiger partial charge in [0.05, 0.1) is 12.2 Å². The Morgan fingerprint density at radius 2 is 1.85 bits per heavy atom. The number of carbonyl (C=O) groups is 2. The molecule has 2 N–H and O–H groups in total. The van der Waals surface area contributed by atoms with Gasteiger partial charge in [0.15, 0.2) is 5.16 Å². The van der Waals surface area contributed by atoms with Crippen LogP contribution in [0.25, 0.3) is 0 Å². The lowest BCUT2D eigenvalue weighted by atomic mass is 10.1. The summed E-state index contributed by atoms with van der Waals surface area (Å²) in [6, 6.07) is 11.2. The Labute approximate surface area is 202 Å². The van der Waals surface area contributed by atoms with E-state index >= 15 is 0 Å². The monoisotopic (exact) mass is 483 g/mol. The molecule has 1 heterocycles. The van der Waals surface area contributed by atoms with E-state index in [1.165, 1.54) is 11.8 Å². The van der Waals surface area contributed by atoms with Crippen LogP contribution in [0.4, 0.5) is 11.4 Å². The molecule has 0 saturated heterocycles. The van der Waals surface area contributed by atoms with Crippen molar-refractivity contribution in [2.45, 2.75) is 38.9 Å². The van der Waals surface area contributed by atoms with Crippen LogP contribution in [0.15, 0.2) is 54.2 Å². The average Bonchev–Trinajstić information content (AvgIpc) is 3.13. The summed E-state index contributed by atoms with van der Waals surface area (Å²) >= 11 is 7.36. The third-order valence-electron chi connectivity index (χ3n) is 4.95. The number of rotatable bonds is 9. The third-order valence-corrected chi connectivity index (χ3v) is 6.33. The van der Waals surface area contributed by atoms with E-state index in [1.807, 2.05) is 39.0 Å². The Kier molecular flexibility index (Phi) is 8.30. The molecule has 33 heavy (non-hydrogen) atoms. The number of nitrogens with zero attached hydrogens (tertiary/aromatic N) is 3. The van der Waals surface area contributed by atoms with Crippen LogP contribution < -0.4 is 10.6 Å². The molecule has 3 rings (SSSR count). The van der Waals surface area contributed by atoms with E-state index < -0.39 is 0 Å². The molecule has 0 aliphatic heterocycles. The van der Waals surface area contributed by atoms with Crippen LogP contribution in [-0.4, -0.2) is 32.3 Å².